The third-order valence-corrected chi connectivity index (χ3v) is 4.22. The summed E-state index contributed by atoms with van der Waals surface area (Å²) in [6, 6.07) is 19.0. The first-order valence-electron chi connectivity index (χ1n) is 8.42. The summed E-state index contributed by atoms with van der Waals surface area (Å²) in [7, 11) is 0. The Hall–Kier alpha value is -2.85. The number of anilines is 2. The number of aromatic nitrogens is 1. The zero-order valence-corrected chi connectivity index (χ0v) is 15.3. The van der Waals surface area contributed by atoms with Gasteiger partial charge in [0.15, 0.2) is 0 Å². The minimum Gasteiger partial charge on any atom is -0.370 e. The van der Waals surface area contributed by atoms with Gasteiger partial charge in [-0.15, -0.1) is 0 Å². The number of nitrogens with zero attached hydrogens (tertiary/aromatic N) is 1. The highest BCUT2D eigenvalue weighted by Crippen LogP contribution is 2.13. The van der Waals surface area contributed by atoms with Crippen LogP contribution >= 0.6 is 11.6 Å². The molecule has 0 saturated heterocycles. The maximum absolute atomic E-state index is 12.2. The molecule has 4 nitrogen and oxygen atoms in total. The van der Waals surface area contributed by atoms with Gasteiger partial charge < -0.3 is 10.6 Å². The zero-order valence-electron chi connectivity index (χ0n) is 14.5. The monoisotopic (exact) mass is 365 g/mol. The molecule has 0 aliphatic rings. The van der Waals surface area contributed by atoms with Crippen LogP contribution in [0.4, 0.5) is 11.5 Å². The largest absolute Gasteiger partial charge is 0.370 e. The van der Waals surface area contributed by atoms with Crippen LogP contribution in [-0.4, -0.2) is 17.4 Å². The van der Waals surface area contributed by atoms with Crippen molar-refractivity contribution in [3.8, 4) is 0 Å². The predicted octanol–water partition coefficient (Wildman–Crippen LogP) is 4.95. The van der Waals surface area contributed by atoms with E-state index in [4.69, 9.17) is 11.6 Å². The van der Waals surface area contributed by atoms with Gasteiger partial charge in [0, 0.05) is 17.1 Å². The van der Waals surface area contributed by atoms with Crippen molar-refractivity contribution in [3.63, 3.8) is 0 Å². The van der Waals surface area contributed by atoms with Crippen molar-refractivity contribution in [2.24, 2.45) is 0 Å². The molecule has 1 aromatic heterocycles. The molecule has 0 bridgehead atoms. The highest BCUT2D eigenvalue weighted by molar-refractivity contribution is 6.30. The fourth-order valence-corrected chi connectivity index (χ4v) is 2.59. The second-order valence-electron chi connectivity index (χ2n) is 6.06. The molecule has 26 heavy (non-hydrogen) atoms. The minimum absolute atomic E-state index is 0.143. The number of pyridine rings is 1. The third kappa shape index (κ3) is 5.07. The van der Waals surface area contributed by atoms with Gasteiger partial charge in [-0.3, -0.25) is 4.79 Å². The molecule has 0 atom stereocenters. The Bertz CT molecular complexity index is 859. The Kier molecular flexibility index (Phi) is 5.87. The molecule has 0 aliphatic carbocycles. The number of carbonyl (C=O) groups excluding carboxylic acids is 1. The van der Waals surface area contributed by atoms with Gasteiger partial charge in [0.2, 0.25) is 0 Å². The van der Waals surface area contributed by atoms with Crippen LogP contribution < -0.4 is 10.6 Å². The highest BCUT2D eigenvalue weighted by atomic mass is 35.5. The quantitative estimate of drug-likeness (QED) is 0.649. The minimum atomic E-state index is -0.143. The fourth-order valence-electron chi connectivity index (χ4n) is 2.47. The van der Waals surface area contributed by atoms with Crippen molar-refractivity contribution in [2.45, 2.75) is 13.3 Å². The van der Waals surface area contributed by atoms with Crippen LogP contribution in [0, 0.1) is 6.92 Å². The summed E-state index contributed by atoms with van der Waals surface area (Å²) in [6.45, 7) is 2.76. The molecule has 5 heteroatoms. The first kappa shape index (κ1) is 18.0. The molecular formula is C21H20ClN3O. The number of hydrogen-bond donors (Lipinski definition) is 2. The molecule has 132 valence electrons. The zero-order chi connectivity index (χ0) is 18.4. The van der Waals surface area contributed by atoms with E-state index in [2.05, 4.69) is 15.6 Å². The second kappa shape index (κ2) is 8.50. The van der Waals surface area contributed by atoms with Crippen LogP contribution in [-0.2, 0) is 6.42 Å². The summed E-state index contributed by atoms with van der Waals surface area (Å²) in [6.07, 6.45) is 2.53. The highest BCUT2D eigenvalue weighted by Gasteiger charge is 2.06. The van der Waals surface area contributed by atoms with E-state index in [1.54, 1.807) is 6.20 Å². The molecule has 1 amide bonds. The summed E-state index contributed by atoms with van der Waals surface area (Å²) in [5.74, 6) is 0.627. The molecule has 0 fully saturated rings. The standard InChI is InChI=1S/C21H20ClN3O/c1-15-2-6-17(7-3-15)21(26)25-19-10-11-20(24-14-19)23-13-12-16-4-8-18(22)9-5-16/h2-11,14H,12-13H2,1H3,(H,23,24)(H,25,26). The topological polar surface area (TPSA) is 54.0 Å². The van der Waals surface area contributed by atoms with Crippen LogP contribution in [0.15, 0.2) is 66.9 Å². The van der Waals surface area contributed by atoms with Gasteiger partial charge in [0.05, 0.1) is 11.9 Å². The average Bonchev–Trinajstić information content (AvgIpc) is 2.65. The lowest BCUT2D eigenvalue weighted by molar-refractivity contribution is 0.102. The lowest BCUT2D eigenvalue weighted by atomic mass is 10.1. The van der Waals surface area contributed by atoms with Crippen LogP contribution in [0.5, 0.6) is 0 Å². The number of carbonyl (C=O) groups is 1. The number of rotatable bonds is 6. The molecule has 2 aromatic carbocycles. The first-order chi connectivity index (χ1) is 12.6. The Balaban J connectivity index is 1.50. The Morgan fingerprint density at radius 1 is 1.00 bits per heavy atom. The molecule has 0 unspecified atom stereocenters. The maximum Gasteiger partial charge on any atom is 0.255 e. The van der Waals surface area contributed by atoms with Crippen LogP contribution in [0.2, 0.25) is 5.02 Å². The second-order valence-corrected chi connectivity index (χ2v) is 6.49. The lowest BCUT2D eigenvalue weighted by Crippen LogP contribution is -2.12. The Labute approximate surface area is 158 Å². The van der Waals surface area contributed by atoms with Crippen molar-refractivity contribution >= 4 is 29.0 Å². The van der Waals surface area contributed by atoms with E-state index in [9.17, 15) is 4.79 Å². The van der Waals surface area contributed by atoms with Crippen LogP contribution in [0.25, 0.3) is 0 Å². The average molecular weight is 366 g/mol. The van der Waals surface area contributed by atoms with Gasteiger partial charge in [-0.25, -0.2) is 4.98 Å². The number of hydrogen-bond acceptors (Lipinski definition) is 3. The van der Waals surface area contributed by atoms with Crippen molar-refractivity contribution < 1.29 is 4.79 Å². The van der Waals surface area contributed by atoms with E-state index in [1.807, 2.05) is 67.6 Å². The normalized spacial score (nSPS) is 10.4. The summed E-state index contributed by atoms with van der Waals surface area (Å²) < 4.78 is 0. The van der Waals surface area contributed by atoms with E-state index in [0.29, 0.717) is 11.3 Å². The summed E-state index contributed by atoms with van der Waals surface area (Å²) in [5.41, 5.74) is 3.63. The van der Waals surface area contributed by atoms with Gasteiger partial charge in [0.25, 0.3) is 5.91 Å². The fraction of sp³-hybridized carbons (Fsp3) is 0.143. The van der Waals surface area contributed by atoms with Crippen molar-refractivity contribution in [3.05, 3.63) is 88.6 Å². The Morgan fingerprint density at radius 3 is 2.38 bits per heavy atom. The number of aryl methyl sites for hydroxylation is 1. The third-order valence-electron chi connectivity index (χ3n) is 3.97. The van der Waals surface area contributed by atoms with Gasteiger partial charge in [-0.2, -0.15) is 0 Å². The predicted molar refractivity (Wildman–Crippen MR) is 107 cm³/mol. The van der Waals surface area contributed by atoms with Gasteiger partial charge >= 0.3 is 0 Å². The van der Waals surface area contributed by atoms with E-state index < -0.39 is 0 Å². The summed E-state index contributed by atoms with van der Waals surface area (Å²) in [4.78, 5) is 16.5. The van der Waals surface area contributed by atoms with Crippen LogP contribution in [0.1, 0.15) is 21.5 Å². The molecular weight excluding hydrogens is 346 g/mol. The van der Waals surface area contributed by atoms with Crippen molar-refractivity contribution in [1.82, 2.24) is 4.98 Å². The van der Waals surface area contributed by atoms with Gasteiger partial charge in [0.1, 0.15) is 5.82 Å². The number of nitrogens with one attached hydrogen (secondary N) is 2. The van der Waals surface area contributed by atoms with E-state index in [-0.39, 0.29) is 5.91 Å². The molecule has 3 rings (SSSR count). The van der Waals surface area contributed by atoms with Gasteiger partial charge in [-0.1, -0.05) is 41.4 Å². The van der Waals surface area contributed by atoms with Crippen molar-refractivity contribution in [2.75, 3.05) is 17.2 Å². The lowest BCUT2D eigenvalue weighted by Gasteiger charge is -2.08. The summed E-state index contributed by atoms with van der Waals surface area (Å²) >= 11 is 5.88. The first-order valence-corrected chi connectivity index (χ1v) is 8.80. The molecule has 1 heterocycles. The Morgan fingerprint density at radius 2 is 1.73 bits per heavy atom. The molecule has 0 aliphatic heterocycles. The number of amides is 1. The van der Waals surface area contributed by atoms with E-state index in [1.165, 1.54) is 5.56 Å². The van der Waals surface area contributed by atoms with E-state index in [0.717, 1.165) is 29.4 Å². The van der Waals surface area contributed by atoms with Crippen molar-refractivity contribution in [1.29, 1.82) is 0 Å². The molecule has 0 saturated carbocycles. The van der Waals surface area contributed by atoms with E-state index >= 15 is 0 Å². The molecule has 2 N–H and O–H groups in total. The molecule has 0 radical (unpaired) electrons. The smallest absolute Gasteiger partial charge is 0.255 e. The maximum atomic E-state index is 12.2. The summed E-state index contributed by atoms with van der Waals surface area (Å²) in [5, 5.41) is 6.86. The molecule has 3 aromatic rings. The number of benzene rings is 2. The van der Waals surface area contributed by atoms with Crippen LogP contribution in [0.3, 0.4) is 0 Å². The number of halogens is 1. The molecule has 0 spiro atoms. The SMILES string of the molecule is Cc1ccc(C(=O)Nc2ccc(NCCc3ccc(Cl)cc3)nc2)cc1. The van der Waals surface area contributed by atoms with Gasteiger partial charge in [-0.05, 0) is 55.3 Å².